The molecule has 1 saturated heterocycles. The van der Waals surface area contributed by atoms with Crippen LogP contribution in [0, 0.1) is 5.92 Å². The van der Waals surface area contributed by atoms with Gasteiger partial charge in [0.2, 0.25) is 0 Å². The largest absolute Gasteiger partial charge is 0.490 e. The van der Waals surface area contributed by atoms with Crippen molar-refractivity contribution in [1.29, 1.82) is 0 Å². The molecule has 122 valence electrons. The molecule has 0 spiro atoms. The van der Waals surface area contributed by atoms with Gasteiger partial charge in [0.1, 0.15) is 0 Å². The summed E-state index contributed by atoms with van der Waals surface area (Å²) >= 11 is 0. The molecule has 1 unspecified atom stereocenters. The van der Waals surface area contributed by atoms with Crippen molar-refractivity contribution < 1.29 is 13.7 Å². The molecule has 2 nitrogen and oxygen atoms in total. The number of rotatable bonds is 2. The van der Waals surface area contributed by atoms with E-state index < -0.39 is 0 Å². The van der Waals surface area contributed by atoms with E-state index in [1.54, 1.807) is 0 Å². The van der Waals surface area contributed by atoms with Crippen LogP contribution in [0.25, 0.3) is 0 Å². The monoisotopic (exact) mass is 298 g/mol. The van der Waals surface area contributed by atoms with Crippen LogP contribution in [0.4, 0.5) is 4.39 Å². The van der Waals surface area contributed by atoms with Gasteiger partial charge in [0.25, 0.3) is 0 Å². The topological polar surface area (TPSA) is 18.5 Å². The Bertz CT molecular complexity index is 324. The van der Waals surface area contributed by atoms with Crippen molar-refractivity contribution in [2.75, 3.05) is 6.67 Å². The molecule has 1 aliphatic carbocycles. The lowest BCUT2D eigenvalue weighted by molar-refractivity contribution is 0.00578. The average Bonchev–Trinajstić information content (AvgIpc) is 2.72. The van der Waals surface area contributed by atoms with E-state index in [2.05, 4.69) is 46.9 Å². The Kier molecular flexibility index (Phi) is 8.49. The second kappa shape index (κ2) is 8.74. The Balaban J connectivity index is 0.000000921. The maximum Gasteiger partial charge on any atom is 0.490 e. The van der Waals surface area contributed by atoms with Crippen LogP contribution in [0.2, 0.25) is 0 Å². The van der Waals surface area contributed by atoms with Gasteiger partial charge in [-0.05, 0) is 58.3 Å². The molecule has 1 aliphatic heterocycles. The first kappa shape index (κ1) is 20.4. The van der Waals surface area contributed by atoms with Crippen LogP contribution in [-0.4, -0.2) is 25.0 Å². The number of hydrogen-bond acceptors (Lipinski definition) is 2. The van der Waals surface area contributed by atoms with E-state index in [0.717, 1.165) is 19.3 Å². The van der Waals surface area contributed by atoms with Crippen molar-refractivity contribution in [3.63, 3.8) is 0 Å². The van der Waals surface area contributed by atoms with Crippen LogP contribution < -0.4 is 0 Å². The van der Waals surface area contributed by atoms with E-state index >= 15 is 0 Å². The molecule has 0 radical (unpaired) electrons. The van der Waals surface area contributed by atoms with E-state index in [9.17, 15) is 4.39 Å². The summed E-state index contributed by atoms with van der Waals surface area (Å²) in [7, 11) is -0.236. The van der Waals surface area contributed by atoms with E-state index in [4.69, 9.17) is 9.31 Å². The highest BCUT2D eigenvalue weighted by atomic mass is 19.1. The van der Waals surface area contributed by atoms with Gasteiger partial charge in [0, 0.05) is 0 Å². The van der Waals surface area contributed by atoms with E-state index in [1.807, 2.05) is 13.8 Å². The smallest absolute Gasteiger partial charge is 0.400 e. The Morgan fingerprint density at radius 2 is 1.67 bits per heavy atom. The van der Waals surface area contributed by atoms with Crippen LogP contribution in [0.15, 0.2) is 24.7 Å². The molecule has 0 N–H and O–H groups in total. The summed E-state index contributed by atoms with van der Waals surface area (Å²) in [4.78, 5) is 0. The van der Waals surface area contributed by atoms with Crippen LogP contribution in [0.1, 0.15) is 60.8 Å². The van der Waals surface area contributed by atoms with Crippen LogP contribution in [-0.2, 0) is 9.31 Å². The summed E-state index contributed by atoms with van der Waals surface area (Å²) in [6, 6.07) is 0. The SMILES string of the molecule is C=C.CC.CC1(C)OB(C2=CCC(CF)CC2)OC1(C)C. The fourth-order valence-corrected chi connectivity index (χ4v) is 2.26. The molecule has 1 heterocycles. The van der Waals surface area contributed by atoms with Gasteiger partial charge < -0.3 is 9.31 Å². The quantitative estimate of drug-likeness (QED) is 0.519. The molecular weight excluding hydrogens is 266 g/mol. The van der Waals surface area contributed by atoms with E-state index in [1.165, 1.54) is 5.47 Å². The Morgan fingerprint density at radius 3 is 2.00 bits per heavy atom. The third kappa shape index (κ3) is 4.96. The van der Waals surface area contributed by atoms with Crippen LogP contribution in [0.5, 0.6) is 0 Å². The van der Waals surface area contributed by atoms with Crippen molar-refractivity contribution in [1.82, 2.24) is 0 Å². The van der Waals surface area contributed by atoms with Crippen molar-refractivity contribution in [2.24, 2.45) is 5.92 Å². The van der Waals surface area contributed by atoms with Crippen molar-refractivity contribution >= 4 is 7.12 Å². The van der Waals surface area contributed by atoms with Gasteiger partial charge >= 0.3 is 7.12 Å². The molecular formula is C17H32BFO2. The summed E-state index contributed by atoms with van der Waals surface area (Å²) in [6.07, 6.45) is 4.73. The zero-order chi connectivity index (χ0) is 16.7. The Labute approximate surface area is 130 Å². The number of halogens is 1. The van der Waals surface area contributed by atoms with Crippen molar-refractivity contribution in [2.45, 2.75) is 72.0 Å². The van der Waals surface area contributed by atoms with Gasteiger partial charge in [-0.2, -0.15) is 0 Å². The third-order valence-electron chi connectivity index (χ3n) is 4.33. The molecule has 2 aliphatic rings. The van der Waals surface area contributed by atoms with Crippen molar-refractivity contribution in [3.8, 4) is 0 Å². The maximum absolute atomic E-state index is 12.5. The number of allylic oxidation sites excluding steroid dienone is 2. The molecule has 0 aromatic carbocycles. The molecule has 1 fully saturated rings. The zero-order valence-electron chi connectivity index (χ0n) is 14.7. The maximum atomic E-state index is 12.5. The number of hydrogen-bond donors (Lipinski definition) is 0. The first-order valence-electron chi connectivity index (χ1n) is 7.96. The minimum atomic E-state index is -0.282. The summed E-state index contributed by atoms with van der Waals surface area (Å²) in [5.74, 6) is 0.196. The van der Waals surface area contributed by atoms with Gasteiger partial charge in [-0.1, -0.05) is 19.9 Å². The van der Waals surface area contributed by atoms with Gasteiger partial charge in [-0.15, -0.1) is 13.2 Å². The highest BCUT2D eigenvalue weighted by Gasteiger charge is 2.52. The molecule has 0 bridgehead atoms. The predicted octanol–water partition coefficient (Wildman–Crippen LogP) is 5.14. The summed E-state index contributed by atoms with van der Waals surface area (Å²) < 4.78 is 24.5. The average molecular weight is 298 g/mol. The minimum absolute atomic E-state index is 0.196. The summed E-state index contributed by atoms with van der Waals surface area (Å²) in [5, 5.41) is 0. The minimum Gasteiger partial charge on any atom is -0.400 e. The van der Waals surface area contributed by atoms with E-state index in [-0.39, 0.29) is 30.9 Å². The first-order chi connectivity index (χ1) is 9.86. The standard InChI is InChI=1S/C13H22BFO2.C2H6.C2H4/c1-12(2)13(3,4)17-14(16-12)11-7-5-10(9-15)6-8-11;2*1-2/h7,10H,5-6,8-9H2,1-4H3;1-2H3;1-2H2. The highest BCUT2D eigenvalue weighted by Crippen LogP contribution is 2.40. The molecule has 1 atom stereocenters. The fourth-order valence-electron chi connectivity index (χ4n) is 2.26. The molecule has 0 saturated carbocycles. The summed E-state index contributed by atoms with van der Waals surface area (Å²) in [6.45, 7) is 18.0. The first-order valence-corrected chi connectivity index (χ1v) is 7.96. The highest BCUT2D eigenvalue weighted by molar-refractivity contribution is 6.54. The third-order valence-corrected chi connectivity index (χ3v) is 4.33. The number of alkyl halides is 1. The van der Waals surface area contributed by atoms with Gasteiger partial charge in [0.05, 0.1) is 17.9 Å². The molecule has 21 heavy (non-hydrogen) atoms. The van der Waals surface area contributed by atoms with Gasteiger partial charge in [-0.25, -0.2) is 0 Å². The Morgan fingerprint density at radius 1 is 1.19 bits per heavy atom. The lowest BCUT2D eigenvalue weighted by atomic mass is 9.71. The zero-order valence-corrected chi connectivity index (χ0v) is 14.7. The molecule has 4 heteroatoms. The van der Waals surface area contributed by atoms with Gasteiger partial charge in [0.15, 0.2) is 0 Å². The molecule has 2 rings (SSSR count). The van der Waals surface area contributed by atoms with E-state index in [0.29, 0.717) is 0 Å². The van der Waals surface area contributed by atoms with Crippen LogP contribution in [0.3, 0.4) is 0 Å². The predicted molar refractivity (Wildman–Crippen MR) is 90.1 cm³/mol. The molecule has 0 aromatic heterocycles. The lowest BCUT2D eigenvalue weighted by Crippen LogP contribution is -2.41. The second-order valence-corrected chi connectivity index (χ2v) is 6.16. The summed E-state index contributed by atoms with van der Waals surface area (Å²) in [5.41, 5.74) is 0.624. The molecule has 0 amide bonds. The normalized spacial score (nSPS) is 26.0. The van der Waals surface area contributed by atoms with Gasteiger partial charge in [-0.3, -0.25) is 4.39 Å². The van der Waals surface area contributed by atoms with Crippen LogP contribution >= 0.6 is 0 Å². The Hall–Kier alpha value is -0.605. The fraction of sp³-hybridized carbons (Fsp3) is 0.765. The molecule has 0 aromatic rings. The second-order valence-electron chi connectivity index (χ2n) is 6.16. The lowest BCUT2D eigenvalue weighted by Gasteiger charge is -2.32. The van der Waals surface area contributed by atoms with Crippen molar-refractivity contribution in [3.05, 3.63) is 24.7 Å².